The van der Waals surface area contributed by atoms with Gasteiger partial charge in [0.1, 0.15) is 5.75 Å². The van der Waals surface area contributed by atoms with Crippen LogP contribution in [0.5, 0.6) is 5.75 Å². The summed E-state index contributed by atoms with van der Waals surface area (Å²) in [6.07, 6.45) is 0. The van der Waals surface area contributed by atoms with E-state index < -0.39 is 0 Å². The molecule has 0 heterocycles. The maximum atomic E-state index is 9.97. The first kappa shape index (κ1) is 17.9. The third kappa shape index (κ3) is 3.07. The number of rotatable bonds is 0. The Morgan fingerprint density at radius 1 is 0.750 bits per heavy atom. The number of benzene rings is 2. The number of aryl methyl sites for hydroxylation is 2. The zero-order chi connectivity index (χ0) is 16.0. The molecular weight excluding hydrogens is 250 g/mol. The van der Waals surface area contributed by atoms with Crippen LogP contribution < -0.4 is 17.2 Å². The van der Waals surface area contributed by atoms with Crippen LogP contribution in [-0.2, 0) is 0 Å². The van der Waals surface area contributed by atoms with Gasteiger partial charge in [-0.1, -0.05) is 27.7 Å². The molecule has 0 bridgehead atoms. The van der Waals surface area contributed by atoms with Crippen molar-refractivity contribution in [2.75, 3.05) is 17.2 Å². The topological polar surface area (TPSA) is 98.3 Å². The fourth-order valence-corrected chi connectivity index (χ4v) is 1.90. The normalized spacial score (nSPS) is 9.30. The average molecular weight is 277 g/mol. The lowest BCUT2D eigenvalue weighted by molar-refractivity contribution is 0.484. The molecule has 0 radical (unpaired) electrons. The maximum absolute atomic E-state index is 9.97. The Balaban J connectivity index is 0.000000829. The smallest absolute Gasteiger partial charge is 0.148 e. The van der Waals surface area contributed by atoms with E-state index in [2.05, 4.69) is 0 Å². The third-order valence-electron chi connectivity index (χ3n) is 2.93. The summed E-state index contributed by atoms with van der Waals surface area (Å²) in [6, 6.07) is 3.79. The molecule has 0 saturated heterocycles. The van der Waals surface area contributed by atoms with Crippen LogP contribution in [-0.4, -0.2) is 5.11 Å². The van der Waals surface area contributed by atoms with Gasteiger partial charge in [0.05, 0.1) is 22.4 Å². The number of hydrogen-bond acceptors (Lipinski definition) is 4. The van der Waals surface area contributed by atoms with Crippen molar-refractivity contribution in [2.24, 2.45) is 0 Å². The number of hydrogen-bond donors (Lipinski definition) is 4. The molecule has 0 spiro atoms. The van der Waals surface area contributed by atoms with Crippen LogP contribution in [0.4, 0.5) is 17.1 Å². The monoisotopic (exact) mass is 277 g/mol. The van der Waals surface area contributed by atoms with Gasteiger partial charge in [0.2, 0.25) is 0 Å². The summed E-state index contributed by atoms with van der Waals surface area (Å²) in [5.74, 6) is 0.0131. The number of nitrogen functional groups attached to an aromatic ring is 3. The third-order valence-corrected chi connectivity index (χ3v) is 2.93. The summed E-state index contributed by atoms with van der Waals surface area (Å²) < 4.78 is 0. The number of anilines is 3. The van der Waals surface area contributed by atoms with Crippen LogP contribution in [0.25, 0.3) is 10.8 Å². The molecule has 20 heavy (non-hydrogen) atoms. The van der Waals surface area contributed by atoms with E-state index in [1.54, 1.807) is 0 Å². The summed E-state index contributed by atoms with van der Waals surface area (Å²) in [7, 11) is 0. The van der Waals surface area contributed by atoms with Crippen molar-refractivity contribution in [3.63, 3.8) is 0 Å². The first-order valence-corrected chi connectivity index (χ1v) is 6.99. The van der Waals surface area contributed by atoms with Crippen LogP contribution >= 0.6 is 0 Å². The number of phenols is 1. The predicted octanol–water partition coefficient (Wildman–Crippen LogP) is 3.96. The molecule has 2 aromatic rings. The second-order valence-corrected chi connectivity index (χ2v) is 4.07. The zero-order valence-electron chi connectivity index (χ0n) is 13.3. The summed E-state index contributed by atoms with van der Waals surface area (Å²) in [6.45, 7) is 11.7. The van der Waals surface area contributed by atoms with E-state index in [1.807, 2.05) is 53.7 Å². The van der Waals surface area contributed by atoms with E-state index in [9.17, 15) is 5.11 Å². The summed E-state index contributed by atoms with van der Waals surface area (Å²) in [5.41, 5.74) is 20.4. The molecule has 0 unspecified atom stereocenters. The minimum atomic E-state index is 0.0131. The van der Waals surface area contributed by atoms with E-state index in [4.69, 9.17) is 17.2 Å². The van der Waals surface area contributed by atoms with Gasteiger partial charge in [0.25, 0.3) is 0 Å². The van der Waals surface area contributed by atoms with E-state index in [0.29, 0.717) is 22.4 Å². The van der Waals surface area contributed by atoms with E-state index in [-0.39, 0.29) is 5.75 Å². The highest BCUT2D eigenvalue weighted by molar-refractivity contribution is 6.06. The van der Waals surface area contributed by atoms with Crippen molar-refractivity contribution in [3.05, 3.63) is 23.3 Å². The van der Waals surface area contributed by atoms with Crippen molar-refractivity contribution >= 4 is 27.8 Å². The van der Waals surface area contributed by atoms with Gasteiger partial charge in [-0.25, -0.2) is 0 Å². The number of aromatic hydroxyl groups is 1. The highest BCUT2D eigenvalue weighted by Crippen LogP contribution is 2.40. The Kier molecular flexibility index (Phi) is 6.69. The van der Waals surface area contributed by atoms with Crippen LogP contribution in [0, 0.1) is 13.8 Å². The summed E-state index contributed by atoms with van der Waals surface area (Å²) in [5, 5.41) is 11.4. The number of nitrogens with two attached hydrogens (primary N) is 3. The lowest BCUT2D eigenvalue weighted by Gasteiger charge is -2.13. The maximum Gasteiger partial charge on any atom is 0.148 e. The first-order chi connectivity index (χ1) is 9.43. The standard InChI is InChI=1S/C12H15N3O.2C2H6/c1-5-3-7-4-6(2)10(14)12(16)8(7)11(15)9(5)13;2*1-2/h3-4,16H,13-15H2,1-2H3;2*1-2H3. The number of fused-ring (bicyclic) bond motifs is 1. The molecule has 0 amide bonds. The van der Waals surface area contributed by atoms with Crippen LogP contribution in [0.2, 0.25) is 0 Å². The van der Waals surface area contributed by atoms with Crippen molar-refractivity contribution in [2.45, 2.75) is 41.5 Å². The molecule has 112 valence electrons. The van der Waals surface area contributed by atoms with E-state index in [0.717, 1.165) is 16.5 Å². The van der Waals surface area contributed by atoms with Gasteiger partial charge in [-0.15, -0.1) is 0 Å². The highest BCUT2D eigenvalue weighted by Gasteiger charge is 2.13. The molecule has 7 N–H and O–H groups in total. The average Bonchev–Trinajstić information content (AvgIpc) is 2.46. The Morgan fingerprint density at radius 2 is 1.15 bits per heavy atom. The van der Waals surface area contributed by atoms with Crippen molar-refractivity contribution in [1.82, 2.24) is 0 Å². The van der Waals surface area contributed by atoms with Crippen LogP contribution in [0.3, 0.4) is 0 Å². The summed E-state index contributed by atoms with van der Waals surface area (Å²) in [4.78, 5) is 0. The Hall–Kier alpha value is -2.10. The zero-order valence-corrected chi connectivity index (χ0v) is 13.3. The molecule has 0 aliphatic carbocycles. The summed E-state index contributed by atoms with van der Waals surface area (Å²) >= 11 is 0. The molecular formula is C16H27N3O. The second kappa shape index (κ2) is 7.48. The molecule has 4 heteroatoms. The molecule has 2 rings (SSSR count). The molecule has 0 fully saturated rings. The fraction of sp³-hybridized carbons (Fsp3) is 0.375. The van der Waals surface area contributed by atoms with Gasteiger partial charge in [0.15, 0.2) is 0 Å². The van der Waals surface area contributed by atoms with Crippen molar-refractivity contribution < 1.29 is 5.11 Å². The van der Waals surface area contributed by atoms with Crippen molar-refractivity contribution in [3.8, 4) is 5.75 Å². The van der Waals surface area contributed by atoms with Gasteiger partial charge < -0.3 is 22.3 Å². The van der Waals surface area contributed by atoms with Gasteiger partial charge in [-0.2, -0.15) is 0 Å². The molecule has 0 aliphatic heterocycles. The Morgan fingerprint density at radius 3 is 1.60 bits per heavy atom. The van der Waals surface area contributed by atoms with Gasteiger partial charge >= 0.3 is 0 Å². The molecule has 0 atom stereocenters. The SMILES string of the molecule is CC.CC.Cc1cc2cc(C)c(N)c(O)c2c(N)c1N. The van der Waals surface area contributed by atoms with E-state index in [1.165, 1.54) is 0 Å². The first-order valence-electron chi connectivity index (χ1n) is 6.99. The Bertz CT molecular complexity index is 544. The van der Waals surface area contributed by atoms with Gasteiger partial charge in [-0.3, -0.25) is 0 Å². The minimum absolute atomic E-state index is 0.0131. The van der Waals surface area contributed by atoms with Crippen molar-refractivity contribution in [1.29, 1.82) is 0 Å². The molecule has 0 aliphatic rings. The van der Waals surface area contributed by atoms with E-state index >= 15 is 0 Å². The van der Waals surface area contributed by atoms with Gasteiger partial charge in [0, 0.05) is 0 Å². The lowest BCUT2D eigenvalue weighted by Crippen LogP contribution is -2.00. The largest absolute Gasteiger partial charge is 0.505 e. The fourth-order valence-electron chi connectivity index (χ4n) is 1.90. The molecule has 2 aromatic carbocycles. The lowest BCUT2D eigenvalue weighted by atomic mass is 9.99. The number of phenolic OH excluding ortho intramolecular Hbond substituents is 1. The quantitative estimate of drug-likeness (QED) is 0.432. The molecule has 4 nitrogen and oxygen atoms in total. The molecule has 0 saturated carbocycles. The van der Waals surface area contributed by atoms with Gasteiger partial charge in [-0.05, 0) is 42.5 Å². The van der Waals surface area contributed by atoms with Crippen LogP contribution in [0.15, 0.2) is 12.1 Å². The minimum Gasteiger partial charge on any atom is -0.505 e. The molecule has 0 aromatic heterocycles. The predicted molar refractivity (Wildman–Crippen MR) is 91.0 cm³/mol. The van der Waals surface area contributed by atoms with Crippen LogP contribution in [0.1, 0.15) is 38.8 Å². The second-order valence-electron chi connectivity index (χ2n) is 4.07. The Labute approximate surface area is 121 Å². The highest BCUT2D eigenvalue weighted by atomic mass is 16.3.